The summed E-state index contributed by atoms with van der Waals surface area (Å²) in [5.41, 5.74) is 0.185. The normalized spacial score (nSPS) is 10.1. The number of anilines is 1. The van der Waals surface area contributed by atoms with Crippen LogP contribution in [0, 0.1) is 5.82 Å². The summed E-state index contributed by atoms with van der Waals surface area (Å²) in [5, 5.41) is 5.44. The van der Waals surface area contributed by atoms with Crippen LogP contribution in [0.1, 0.15) is 0 Å². The Morgan fingerprint density at radius 1 is 1.05 bits per heavy atom. The van der Waals surface area contributed by atoms with Gasteiger partial charge in [-0.15, -0.1) is 0 Å². The molecule has 2 N–H and O–H groups in total. The zero-order valence-electron chi connectivity index (χ0n) is 11.5. The average molecular weight is 288 g/mol. The van der Waals surface area contributed by atoms with E-state index in [4.69, 9.17) is 4.74 Å². The molecule has 110 valence electrons. The molecule has 21 heavy (non-hydrogen) atoms. The number of carbonyl (C=O) groups excluding carboxylic acids is 1. The first-order valence-electron chi connectivity index (χ1n) is 6.68. The topological polar surface area (TPSA) is 50.4 Å². The number of para-hydroxylation sites is 2. The maximum Gasteiger partial charge on any atom is 0.238 e. The van der Waals surface area contributed by atoms with Gasteiger partial charge < -0.3 is 15.4 Å². The standard InChI is InChI=1S/C16H17FN2O2/c17-14-8-4-5-9-15(14)19-16(20)12-18-10-11-21-13-6-2-1-3-7-13/h1-9,18H,10-12H2,(H,19,20). The second-order valence-electron chi connectivity index (χ2n) is 4.37. The van der Waals surface area contributed by atoms with Gasteiger partial charge in [0.1, 0.15) is 18.2 Å². The van der Waals surface area contributed by atoms with Crippen LogP contribution in [0.15, 0.2) is 54.6 Å². The van der Waals surface area contributed by atoms with E-state index in [1.54, 1.807) is 12.1 Å². The van der Waals surface area contributed by atoms with Gasteiger partial charge in [0.15, 0.2) is 0 Å². The van der Waals surface area contributed by atoms with Gasteiger partial charge in [0.25, 0.3) is 0 Å². The monoisotopic (exact) mass is 288 g/mol. The zero-order valence-corrected chi connectivity index (χ0v) is 11.5. The summed E-state index contributed by atoms with van der Waals surface area (Å²) in [6, 6.07) is 15.5. The largest absolute Gasteiger partial charge is 0.492 e. The number of rotatable bonds is 7. The second-order valence-corrected chi connectivity index (χ2v) is 4.37. The summed E-state index contributed by atoms with van der Waals surface area (Å²) in [6.07, 6.45) is 0. The summed E-state index contributed by atoms with van der Waals surface area (Å²) in [7, 11) is 0. The van der Waals surface area contributed by atoms with Gasteiger partial charge in [0.05, 0.1) is 12.2 Å². The third-order valence-electron chi connectivity index (χ3n) is 2.72. The summed E-state index contributed by atoms with van der Waals surface area (Å²) >= 11 is 0. The Labute approximate surface area is 122 Å². The molecular formula is C16H17FN2O2. The van der Waals surface area contributed by atoms with Crippen molar-refractivity contribution in [2.75, 3.05) is 25.0 Å². The van der Waals surface area contributed by atoms with E-state index in [0.29, 0.717) is 13.2 Å². The highest BCUT2D eigenvalue weighted by Crippen LogP contribution is 2.11. The van der Waals surface area contributed by atoms with Gasteiger partial charge in [-0.25, -0.2) is 4.39 Å². The third kappa shape index (κ3) is 5.24. The van der Waals surface area contributed by atoms with Crippen molar-refractivity contribution in [2.45, 2.75) is 0 Å². The lowest BCUT2D eigenvalue weighted by Crippen LogP contribution is -2.31. The lowest BCUT2D eigenvalue weighted by molar-refractivity contribution is -0.115. The van der Waals surface area contributed by atoms with Gasteiger partial charge in [0, 0.05) is 6.54 Å². The van der Waals surface area contributed by atoms with E-state index in [1.807, 2.05) is 30.3 Å². The highest BCUT2D eigenvalue weighted by Gasteiger charge is 2.05. The minimum absolute atomic E-state index is 0.104. The van der Waals surface area contributed by atoms with Crippen LogP contribution in [-0.2, 0) is 4.79 Å². The molecule has 0 bridgehead atoms. The van der Waals surface area contributed by atoms with Crippen LogP contribution in [-0.4, -0.2) is 25.6 Å². The van der Waals surface area contributed by atoms with E-state index >= 15 is 0 Å². The first-order chi connectivity index (χ1) is 10.3. The molecule has 0 aromatic heterocycles. The predicted molar refractivity (Wildman–Crippen MR) is 79.8 cm³/mol. The van der Waals surface area contributed by atoms with E-state index in [1.165, 1.54) is 12.1 Å². The molecule has 1 amide bonds. The molecule has 2 aromatic rings. The number of hydrogen-bond donors (Lipinski definition) is 2. The van der Waals surface area contributed by atoms with Gasteiger partial charge >= 0.3 is 0 Å². The lowest BCUT2D eigenvalue weighted by atomic mass is 10.3. The molecule has 2 rings (SSSR count). The van der Waals surface area contributed by atoms with Crippen molar-refractivity contribution < 1.29 is 13.9 Å². The SMILES string of the molecule is O=C(CNCCOc1ccccc1)Nc1ccccc1F. The Morgan fingerprint density at radius 2 is 1.76 bits per heavy atom. The van der Waals surface area contributed by atoms with Gasteiger partial charge in [-0.3, -0.25) is 4.79 Å². The summed E-state index contributed by atoms with van der Waals surface area (Å²) in [5.74, 6) is 0.0492. The van der Waals surface area contributed by atoms with Crippen molar-refractivity contribution in [1.29, 1.82) is 0 Å². The van der Waals surface area contributed by atoms with Crippen LogP contribution in [0.25, 0.3) is 0 Å². The molecular weight excluding hydrogens is 271 g/mol. The van der Waals surface area contributed by atoms with Crippen molar-refractivity contribution in [3.8, 4) is 5.75 Å². The Kier molecular flexibility index (Phi) is 5.72. The number of halogens is 1. The smallest absolute Gasteiger partial charge is 0.238 e. The Hall–Kier alpha value is -2.40. The zero-order chi connectivity index (χ0) is 14.9. The van der Waals surface area contributed by atoms with Crippen LogP contribution >= 0.6 is 0 Å². The average Bonchev–Trinajstić information content (AvgIpc) is 2.50. The highest BCUT2D eigenvalue weighted by molar-refractivity contribution is 5.92. The summed E-state index contributed by atoms with van der Waals surface area (Å²) < 4.78 is 18.8. The summed E-state index contributed by atoms with van der Waals surface area (Å²) in [6.45, 7) is 1.09. The molecule has 2 aromatic carbocycles. The van der Waals surface area contributed by atoms with Gasteiger partial charge in [-0.05, 0) is 24.3 Å². The highest BCUT2D eigenvalue weighted by atomic mass is 19.1. The van der Waals surface area contributed by atoms with Crippen LogP contribution in [0.2, 0.25) is 0 Å². The number of amides is 1. The fourth-order valence-electron chi connectivity index (χ4n) is 1.72. The number of hydrogen-bond acceptors (Lipinski definition) is 3. The molecule has 0 aliphatic heterocycles. The third-order valence-corrected chi connectivity index (χ3v) is 2.72. The van der Waals surface area contributed by atoms with Crippen molar-refractivity contribution >= 4 is 11.6 Å². The maximum absolute atomic E-state index is 13.3. The molecule has 0 saturated carbocycles. The van der Waals surface area contributed by atoms with E-state index in [0.717, 1.165) is 5.75 Å². The first-order valence-corrected chi connectivity index (χ1v) is 6.68. The van der Waals surface area contributed by atoms with Crippen molar-refractivity contribution in [2.24, 2.45) is 0 Å². The van der Waals surface area contributed by atoms with Crippen LogP contribution < -0.4 is 15.4 Å². The van der Waals surface area contributed by atoms with E-state index in [-0.39, 0.29) is 18.1 Å². The molecule has 5 heteroatoms. The molecule has 0 aliphatic rings. The molecule has 0 spiro atoms. The fraction of sp³-hybridized carbons (Fsp3) is 0.188. The van der Waals surface area contributed by atoms with Gasteiger partial charge in [-0.2, -0.15) is 0 Å². The molecule has 0 heterocycles. The van der Waals surface area contributed by atoms with Gasteiger partial charge in [0.2, 0.25) is 5.91 Å². The van der Waals surface area contributed by atoms with Crippen LogP contribution in [0.5, 0.6) is 5.75 Å². The maximum atomic E-state index is 13.3. The van der Waals surface area contributed by atoms with Crippen molar-refractivity contribution in [3.05, 3.63) is 60.4 Å². The number of ether oxygens (including phenoxy) is 1. The van der Waals surface area contributed by atoms with Gasteiger partial charge in [-0.1, -0.05) is 30.3 Å². The Balaban J connectivity index is 1.63. The van der Waals surface area contributed by atoms with Crippen LogP contribution in [0.4, 0.5) is 10.1 Å². The predicted octanol–water partition coefficient (Wildman–Crippen LogP) is 2.43. The quantitative estimate of drug-likeness (QED) is 0.769. The summed E-state index contributed by atoms with van der Waals surface area (Å²) in [4.78, 5) is 11.6. The molecule has 0 saturated heterocycles. The molecule has 0 unspecified atom stereocenters. The molecule has 0 aliphatic carbocycles. The molecule has 0 atom stereocenters. The van der Waals surface area contributed by atoms with Crippen LogP contribution in [0.3, 0.4) is 0 Å². The molecule has 0 radical (unpaired) electrons. The molecule has 4 nitrogen and oxygen atoms in total. The van der Waals surface area contributed by atoms with Crippen molar-refractivity contribution in [3.63, 3.8) is 0 Å². The minimum Gasteiger partial charge on any atom is -0.492 e. The first kappa shape index (κ1) is 15.0. The second kappa shape index (κ2) is 8.01. The van der Waals surface area contributed by atoms with E-state index in [9.17, 15) is 9.18 Å². The lowest BCUT2D eigenvalue weighted by Gasteiger charge is -2.08. The molecule has 0 fully saturated rings. The van der Waals surface area contributed by atoms with E-state index < -0.39 is 5.82 Å². The van der Waals surface area contributed by atoms with Crippen molar-refractivity contribution in [1.82, 2.24) is 5.32 Å². The Morgan fingerprint density at radius 3 is 2.52 bits per heavy atom. The number of carbonyl (C=O) groups is 1. The number of nitrogens with one attached hydrogen (secondary N) is 2. The minimum atomic E-state index is -0.446. The fourth-order valence-corrected chi connectivity index (χ4v) is 1.72. The van der Waals surface area contributed by atoms with E-state index in [2.05, 4.69) is 10.6 Å². The Bertz CT molecular complexity index is 575. The number of benzene rings is 2.